The van der Waals surface area contributed by atoms with E-state index in [0.29, 0.717) is 17.9 Å². The molecule has 0 saturated carbocycles. The van der Waals surface area contributed by atoms with Gasteiger partial charge < -0.3 is 10.1 Å². The van der Waals surface area contributed by atoms with Crippen molar-refractivity contribution < 1.29 is 14.3 Å². The summed E-state index contributed by atoms with van der Waals surface area (Å²) in [5.41, 5.74) is 4.68. The second kappa shape index (κ2) is 12.4. The molecule has 0 fully saturated rings. The highest BCUT2D eigenvalue weighted by Gasteiger charge is 2.19. The van der Waals surface area contributed by atoms with E-state index in [-0.39, 0.29) is 18.2 Å². The number of hydrogen-bond donors (Lipinski definition) is 2. The van der Waals surface area contributed by atoms with Gasteiger partial charge in [-0.2, -0.15) is 5.10 Å². The number of nitrogens with one attached hydrogen (secondary N) is 2. The minimum absolute atomic E-state index is 0.0396. The van der Waals surface area contributed by atoms with Gasteiger partial charge in [-0.25, -0.2) is 5.43 Å². The summed E-state index contributed by atoms with van der Waals surface area (Å²) in [6, 6.07) is 23.2. The molecule has 0 saturated heterocycles. The molecule has 168 valence electrons. The Bertz CT molecular complexity index is 1120. The molecule has 0 bridgehead atoms. The summed E-state index contributed by atoms with van der Waals surface area (Å²) >= 11 is 3.45. The van der Waals surface area contributed by atoms with Crippen molar-refractivity contribution in [3.05, 3.63) is 113 Å². The number of rotatable bonds is 10. The zero-order valence-electron chi connectivity index (χ0n) is 17.9. The zero-order chi connectivity index (χ0) is 23.5. The average Bonchev–Trinajstić information content (AvgIpc) is 2.84. The van der Waals surface area contributed by atoms with E-state index in [2.05, 4.69) is 38.4 Å². The lowest BCUT2D eigenvalue weighted by molar-refractivity contribution is -0.121. The minimum Gasteiger partial charge on any atom is -0.488 e. The highest BCUT2D eigenvalue weighted by Crippen LogP contribution is 2.25. The van der Waals surface area contributed by atoms with E-state index in [4.69, 9.17) is 4.74 Å². The molecule has 0 radical (unpaired) electrons. The molecule has 3 aromatic carbocycles. The molecule has 0 unspecified atom stereocenters. The van der Waals surface area contributed by atoms with Crippen LogP contribution < -0.4 is 15.5 Å². The Morgan fingerprint density at radius 1 is 1.03 bits per heavy atom. The van der Waals surface area contributed by atoms with Crippen LogP contribution in [0.25, 0.3) is 0 Å². The lowest BCUT2D eigenvalue weighted by atomic mass is 10.0. The third-order valence-electron chi connectivity index (χ3n) is 4.65. The summed E-state index contributed by atoms with van der Waals surface area (Å²) in [6.07, 6.45) is 3.25. The quantitative estimate of drug-likeness (QED) is 0.230. The van der Waals surface area contributed by atoms with Gasteiger partial charge in [0.2, 0.25) is 5.91 Å². The first-order chi connectivity index (χ1) is 16.1. The molecule has 0 spiro atoms. The van der Waals surface area contributed by atoms with Gasteiger partial charge >= 0.3 is 0 Å². The van der Waals surface area contributed by atoms with Crippen LogP contribution >= 0.6 is 15.9 Å². The highest BCUT2D eigenvalue weighted by molar-refractivity contribution is 9.10. The van der Waals surface area contributed by atoms with Crippen LogP contribution in [0, 0.1) is 0 Å². The fourth-order valence-electron chi connectivity index (χ4n) is 3.04. The van der Waals surface area contributed by atoms with E-state index < -0.39 is 6.04 Å². The largest absolute Gasteiger partial charge is 0.488 e. The monoisotopic (exact) mass is 505 g/mol. The maximum absolute atomic E-state index is 12.6. The predicted octanol–water partition coefficient (Wildman–Crippen LogP) is 5.03. The van der Waals surface area contributed by atoms with E-state index in [1.807, 2.05) is 48.5 Å². The van der Waals surface area contributed by atoms with E-state index in [1.165, 1.54) is 0 Å². The molecule has 2 amide bonds. The highest BCUT2D eigenvalue weighted by atomic mass is 79.9. The van der Waals surface area contributed by atoms with Crippen molar-refractivity contribution in [3.63, 3.8) is 0 Å². The van der Waals surface area contributed by atoms with Gasteiger partial charge in [0.25, 0.3) is 5.91 Å². The van der Waals surface area contributed by atoms with E-state index in [1.54, 1.807) is 42.6 Å². The van der Waals surface area contributed by atoms with Gasteiger partial charge in [0, 0.05) is 5.56 Å². The van der Waals surface area contributed by atoms with E-state index in [0.717, 1.165) is 15.6 Å². The van der Waals surface area contributed by atoms with E-state index >= 15 is 0 Å². The predicted molar refractivity (Wildman–Crippen MR) is 133 cm³/mol. The Kier molecular flexibility index (Phi) is 8.97. The Labute approximate surface area is 201 Å². The zero-order valence-corrected chi connectivity index (χ0v) is 19.5. The van der Waals surface area contributed by atoms with Crippen molar-refractivity contribution in [1.82, 2.24) is 10.7 Å². The van der Waals surface area contributed by atoms with Crippen LogP contribution in [-0.4, -0.2) is 24.6 Å². The number of ether oxygens (including phenoxy) is 1. The van der Waals surface area contributed by atoms with E-state index in [9.17, 15) is 9.59 Å². The third-order valence-corrected chi connectivity index (χ3v) is 5.27. The Morgan fingerprint density at radius 2 is 1.73 bits per heavy atom. The lowest BCUT2D eigenvalue weighted by Crippen LogP contribution is -2.32. The minimum atomic E-state index is -0.496. The molecule has 7 heteroatoms. The smallest absolute Gasteiger partial charge is 0.251 e. The molecule has 1 atom stereocenters. The molecule has 0 heterocycles. The Balaban J connectivity index is 1.63. The number of hydrazone groups is 1. The molecule has 3 rings (SSSR count). The first kappa shape index (κ1) is 23.9. The molecule has 6 nitrogen and oxygen atoms in total. The SMILES string of the molecule is C=CCOc1ccc(/C=N\NC(=O)C[C@H](NC(=O)c2ccccc2)c2ccccc2)cc1Br. The van der Waals surface area contributed by atoms with Crippen molar-refractivity contribution in [2.75, 3.05) is 6.61 Å². The molecule has 0 aromatic heterocycles. The normalized spacial score (nSPS) is 11.5. The molecule has 33 heavy (non-hydrogen) atoms. The van der Waals surface area contributed by atoms with Gasteiger partial charge in [0.05, 0.1) is 23.1 Å². The number of benzene rings is 3. The molecule has 2 N–H and O–H groups in total. The van der Waals surface area contributed by atoms with Gasteiger partial charge in [-0.05, 0) is 57.4 Å². The van der Waals surface area contributed by atoms with Gasteiger partial charge in [-0.3, -0.25) is 9.59 Å². The van der Waals surface area contributed by atoms with Crippen LogP contribution in [0.4, 0.5) is 0 Å². The van der Waals surface area contributed by atoms with Crippen LogP contribution in [0.1, 0.15) is 33.9 Å². The molecular formula is C26H24BrN3O3. The number of carbonyl (C=O) groups excluding carboxylic acids is 2. The second-order valence-electron chi connectivity index (χ2n) is 7.09. The average molecular weight is 506 g/mol. The van der Waals surface area contributed by atoms with Crippen molar-refractivity contribution >= 4 is 34.0 Å². The molecular weight excluding hydrogens is 482 g/mol. The number of halogens is 1. The maximum Gasteiger partial charge on any atom is 0.251 e. The number of hydrogen-bond acceptors (Lipinski definition) is 4. The fourth-order valence-corrected chi connectivity index (χ4v) is 3.55. The van der Waals surface area contributed by atoms with Crippen LogP contribution in [0.3, 0.4) is 0 Å². The third kappa shape index (κ3) is 7.43. The van der Waals surface area contributed by atoms with Crippen molar-refractivity contribution in [3.8, 4) is 5.75 Å². The lowest BCUT2D eigenvalue weighted by Gasteiger charge is -2.18. The standard InChI is InChI=1S/C26H24BrN3O3/c1-2-15-33-24-14-13-19(16-22(24)27)18-28-30-25(31)17-23(20-9-5-3-6-10-20)29-26(32)21-11-7-4-8-12-21/h2-14,16,18,23H,1,15,17H2,(H,29,32)(H,30,31)/b28-18-/t23-/m0/s1. The summed E-state index contributed by atoms with van der Waals surface area (Å²) in [5, 5.41) is 6.98. The summed E-state index contributed by atoms with van der Waals surface area (Å²) < 4.78 is 6.29. The second-order valence-corrected chi connectivity index (χ2v) is 7.94. The molecule has 3 aromatic rings. The molecule has 0 aliphatic heterocycles. The van der Waals surface area contributed by atoms with Crippen LogP contribution in [0.5, 0.6) is 5.75 Å². The van der Waals surface area contributed by atoms with Crippen LogP contribution in [-0.2, 0) is 4.79 Å². The molecule has 0 aliphatic carbocycles. The van der Waals surface area contributed by atoms with Gasteiger partial charge in [0.15, 0.2) is 0 Å². The number of amides is 2. The van der Waals surface area contributed by atoms with Gasteiger partial charge in [0.1, 0.15) is 12.4 Å². The summed E-state index contributed by atoms with van der Waals surface area (Å²) in [5.74, 6) is 0.124. The van der Waals surface area contributed by atoms with Crippen molar-refractivity contribution in [2.24, 2.45) is 5.10 Å². The van der Waals surface area contributed by atoms with Crippen LogP contribution in [0.2, 0.25) is 0 Å². The van der Waals surface area contributed by atoms with Gasteiger partial charge in [-0.1, -0.05) is 61.2 Å². The molecule has 0 aliphatic rings. The Hall–Kier alpha value is -3.71. The van der Waals surface area contributed by atoms with Crippen molar-refractivity contribution in [2.45, 2.75) is 12.5 Å². The van der Waals surface area contributed by atoms with Crippen molar-refractivity contribution in [1.29, 1.82) is 0 Å². The number of nitrogens with zero attached hydrogens (tertiary/aromatic N) is 1. The topological polar surface area (TPSA) is 79.8 Å². The summed E-state index contributed by atoms with van der Waals surface area (Å²) in [7, 11) is 0. The summed E-state index contributed by atoms with van der Waals surface area (Å²) in [4.78, 5) is 25.2. The summed E-state index contributed by atoms with van der Waals surface area (Å²) in [6.45, 7) is 4.03. The fraction of sp³-hybridized carbons (Fsp3) is 0.115. The first-order valence-corrected chi connectivity index (χ1v) is 11.1. The Morgan fingerprint density at radius 3 is 2.39 bits per heavy atom. The first-order valence-electron chi connectivity index (χ1n) is 10.3. The maximum atomic E-state index is 12.6. The van der Waals surface area contributed by atoms with Crippen LogP contribution in [0.15, 0.2) is 101 Å². The number of carbonyl (C=O) groups is 2. The van der Waals surface area contributed by atoms with Gasteiger partial charge in [-0.15, -0.1) is 0 Å².